The fourth-order valence-corrected chi connectivity index (χ4v) is 1.21. The molecule has 0 aliphatic rings. The van der Waals surface area contributed by atoms with Crippen molar-refractivity contribution in [1.29, 1.82) is 0 Å². The quantitative estimate of drug-likeness (QED) is 0.641. The second-order valence-electron chi connectivity index (χ2n) is 3.06. The molecule has 2 heteroatoms. The molecule has 0 saturated carbocycles. The Balaban J connectivity index is 4.00. The molecule has 0 fully saturated rings. The van der Waals surface area contributed by atoms with Gasteiger partial charge in [-0.15, -0.1) is 0 Å². The molecule has 1 atom stereocenters. The van der Waals surface area contributed by atoms with E-state index in [4.69, 9.17) is 11.6 Å². The number of rotatable bonds is 4. The minimum atomic E-state index is 0.130. The topological polar surface area (TPSA) is 17.1 Å². The van der Waals surface area contributed by atoms with Crippen molar-refractivity contribution < 1.29 is 4.79 Å². The van der Waals surface area contributed by atoms with Gasteiger partial charge in [-0.25, -0.2) is 0 Å². The van der Waals surface area contributed by atoms with E-state index in [1.54, 1.807) is 6.92 Å². The molecule has 0 aromatic heterocycles. The van der Waals surface area contributed by atoms with Crippen molar-refractivity contribution in [3.8, 4) is 0 Å². The van der Waals surface area contributed by atoms with Gasteiger partial charge in [-0.2, -0.15) is 0 Å². The Morgan fingerprint density at radius 2 is 2.09 bits per heavy atom. The van der Waals surface area contributed by atoms with Crippen LogP contribution in [0.15, 0.2) is 11.6 Å². The van der Waals surface area contributed by atoms with Crippen LogP contribution in [0.3, 0.4) is 0 Å². The third-order valence-electron chi connectivity index (χ3n) is 1.81. The van der Waals surface area contributed by atoms with Crippen molar-refractivity contribution >= 4 is 17.4 Å². The fraction of sp³-hybridized carbons (Fsp3) is 0.667. The first kappa shape index (κ1) is 10.7. The number of carbonyl (C=O) groups is 1. The summed E-state index contributed by atoms with van der Waals surface area (Å²) >= 11 is 5.36. The Bertz CT molecular complexity index is 150. The molecule has 0 N–H and O–H groups in total. The lowest BCUT2D eigenvalue weighted by Gasteiger charge is -2.14. The van der Waals surface area contributed by atoms with Gasteiger partial charge in [0.1, 0.15) is 5.78 Å². The highest BCUT2D eigenvalue weighted by Crippen LogP contribution is 2.16. The van der Waals surface area contributed by atoms with Crippen molar-refractivity contribution in [2.24, 2.45) is 11.8 Å². The number of carbonyl (C=O) groups excluding carboxylic acids is 1. The molecular formula is C9H15ClO. The van der Waals surface area contributed by atoms with E-state index < -0.39 is 0 Å². The first-order chi connectivity index (χ1) is 5.09. The molecule has 0 aromatic carbocycles. The monoisotopic (exact) mass is 174 g/mol. The normalized spacial score (nSPS) is 14.3. The van der Waals surface area contributed by atoms with Crippen LogP contribution in [0.1, 0.15) is 27.2 Å². The summed E-state index contributed by atoms with van der Waals surface area (Å²) in [6.07, 6.45) is 2.59. The lowest BCUT2D eigenvalue weighted by molar-refractivity contribution is -0.121. The Morgan fingerprint density at radius 3 is 2.36 bits per heavy atom. The second kappa shape index (κ2) is 5.36. The van der Waals surface area contributed by atoms with E-state index in [0.717, 1.165) is 6.42 Å². The van der Waals surface area contributed by atoms with Crippen molar-refractivity contribution in [3.63, 3.8) is 0 Å². The van der Waals surface area contributed by atoms with Gasteiger partial charge in [-0.1, -0.05) is 31.5 Å². The van der Waals surface area contributed by atoms with E-state index in [1.165, 1.54) is 5.54 Å². The minimum absolute atomic E-state index is 0.130. The zero-order valence-electron chi connectivity index (χ0n) is 7.30. The summed E-state index contributed by atoms with van der Waals surface area (Å²) in [4.78, 5) is 11.0. The van der Waals surface area contributed by atoms with E-state index in [0.29, 0.717) is 5.92 Å². The summed E-state index contributed by atoms with van der Waals surface area (Å²) in [5.41, 5.74) is 1.47. The summed E-state index contributed by atoms with van der Waals surface area (Å²) in [6, 6.07) is 0. The third kappa shape index (κ3) is 4.20. The Hall–Kier alpha value is -0.300. The molecule has 0 aliphatic carbocycles. The summed E-state index contributed by atoms with van der Waals surface area (Å²) in [5, 5.41) is 0. The number of ketones is 1. The molecule has 0 spiro atoms. The van der Waals surface area contributed by atoms with Crippen LogP contribution in [0, 0.1) is 11.8 Å². The number of allylic oxidation sites excluding steroid dienone is 1. The van der Waals surface area contributed by atoms with Gasteiger partial charge in [-0.05, 0) is 19.3 Å². The van der Waals surface area contributed by atoms with Crippen LogP contribution in [0.2, 0.25) is 0 Å². The summed E-state index contributed by atoms with van der Waals surface area (Å²) in [5.74, 6) is 0.778. The molecular weight excluding hydrogens is 160 g/mol. The Morgan fingerprint density at radius 1 is 1.55 bits per heavy atom. The molecule has 0 heterocycles. The van der Waals surface area contributed by atoms with E-state index in [-0.39, 0.29) is 11.7 Å². The number of Topliss-reactive ketones (excluding diaryl/α,β-unsaturated/α-hetero) is 1. The van der Waals surface area contributed by atoms with Gasteiger partial charge in [0, 0.05) is 11.5 Å². The molecule has 0 aromatic rings. The summed E-state index contributed by atoms with van der Waals surface area (Å²) in [6.45, 7) is 5.73. The predicted molar refractivity (Wildman–Crippen MR) is 48.6 cm³/mol. The lowest BCUT2D eigenvalue weighted by atomic mass is 9.89. The van der Waals surface area contributed by atoms with Crippen LogP contribution in [0.5, 0.6) is 0 Å². The molecule has 0 saturated heterocycles. The van der Waals surface area contributed by atoms with Crippen LogP contribution in [0.25, 0.3) is 0 Å². The van der Waals surface area contributed by atoms with Crippen LogP contribution < -0.4 is 0 Å². The average Bonchev–Trinajstić information content (AvgIpc) is 1.87. The van der Waals surface area contributed by atoms with Gasteiger partial charge in [0.2, 0.25) is 0 Å². The highest BCUT2D eigenvalue weighted by molar-refractivity contribution is 6.25. The maximum atomic E-state index is 11.0. The van der Waals surface area contributed by atoms with Crippen molar-refractivity contribution in [2.45, 2.75) is 27.2 Å². The van der Waals surface area contributed by atoms with Gasteiger partial charge >= 0.3 is 0 Å². The largest absolute Gasteiger partial charge is 0.300 e. The zero-order valence-corrected chi connectivity index (χ0v) is 8.06. The molecule has 1 nitrogen and oxygen atoms in total. The molecule has 0 radical (unpaired) electrons. The van der Waals surface area contributed by atoms with Crippen LogP contribution in [0.4, 0.5) is 0 Å². The standard InChI is InChI=1S/C9H15ClO/c1-7(2)9(8(3)11)5-4-6-10/h4,6-7,9H,5H2,1-3H3/b6-4+/t9-/m1/s1. The highest BCUT2D eigenvalue weighted by atomic mass is 35.5. The van der Waals surface area contributed by atoms with Gasteiger partial charge < -0.3 is 0 Å². The van der Waals surface area contributed by atoms with Gasteiger partial charge in [-0.3, -0.25) is 4.79 Å². The number of hydrogen-bond acceptors (Lipinski definition) is 1. The summed E-state index contributed by atoms with van der Waals surface area (Å²) < 4.78 is 0. The van der Waals surface area contributed by atoms with E-state index in [9.17, 15) is 4.79 Å². The van der Waals surface area contributed by atoms with Crippen LogP contribution in [-0.2, 0) is 4.79 Å². The van der Waals surface area contributed by atoms with Crippen LogP contribution >= 0.6 is 11.6 Å². The van der Waals surface area contributed by atoms with Gasteiger partial charge in [0.25, 0.3) is 0 Å². The molecule has 11 heavy (non-hydrogen) atoms. The number of halogens is 1. The zero-order chi connectivity index (χ0) is 8.85. The fourth-order valence-electron chi connectivity index (χ4n) is 1.11. The number of hydrogen-bond donors (Lipinski definition) is 0. The van der Waals surface area contributed by atoms with E-state index >= 15 is 0 Å². The van der Waals surface area contributed by atoms with E-state index in [2.05, 4.69) is 0 Å². The van der Waals surface area contributed by atoms with E-state index in [1.807, 2.05) is 19.9 Å². The summed E-state index contributed by atoms with van der Waals surface area (Å²) in [7, 11) is 0. The SMILES string of the molecule is CC(=O)[C@H](C/C=C/Cl)C(C)C. The molecule has 0 amide bonds. The maximum Gasteiger partial charge on any atom is 0.133 e. The molecule has 64 valence electrons. The Kier molecular flexibility index (Phi) is 5.22. The molecule has 0 aliphatic heterocycles. The van der Waals surface area contributed by atoms with Crippen molar-refractivity contribution in [1.82, 2.24) is 0 Å². The average molecular weight is 175 g/mol. The predicted octanol–water partition coefficient (Wildman–Crippen LogP) is 2.99. The third-order valence-corrected chi connectivity index (χ3v) is 1.98. The smallest absolute Gasteiger partial charge is 0.133 e. The van der Waals surface area contributed by atoms with Crippen molar-refractivity contribution in [2.75, 3.05) is 0 Å². The first-order valence-electron chi connectivity index (χ1n) is 3.85. The van der Waals surface area contributed by atoms with Crippen LogP contribution in [-0.4, -0.2) is 5.78 Å². The minimum Gasteiger partial charge on any atom is -0.300 e. The molecule has 0 rings (SSSR count). The molecule has 0 unspecified atom stereocenters. The van der Waals surface area contributed by atoms with Gasteiger partial charge in [0.05, 0.1) is 0 Å². The van der Waals surface area contributed by atoms with Gasteiger partial charge in [0.15, 0.2) is 0 Å². The lowest BCUT2D eigenvalue weighted by Crippen LogP contribution is -2.16. The highest BCUT2D eigenvalue weighted by Gasteiger charge is 2.15. The molecule has 0 bridgehead atoms. The second-order valence-corrected chi connectivity index (χ2v) is 3.31. The first-order valence-corrected chi connectivity index (χ1v) is 4.29. The van der Waals surface area contributed by atoms with Crippen molar-refractivity contribution in [3.05, 3.63) is 11.6 Å². The Labute approximate surface area is 73.4 Å². The maximum absolute atomic E-state index is 11.0.